The maximum absolute atomic E-state index is 15.5. The summed E-state index contributed by atoms with van der Waals surface area (Å²) in [5.74, 6) is 1.27. The molecule has 8 rings (SSSR count). The lowest BCUT2D eigenvalue weighted by Crippen LogP contribution is -2.00. The first-order valence-electron chi connectivity index (χ1n) is 14.4. The minimum atomic E-state index is -0.320. The molecule has 0 atom stereocenters. The van der Waals surface area contributed by atoms with E-state index in [4.69, 9.17) is 19.4 Å². The van der Waals surface area contributed by atoms with Gasteiger partial charge in [0.05, 0.1) is 0 Å². The van der Waals surface area contributed by atoms with Crippen molar-refractivity contribution in [3.05, 3.63) is 151 Å². The maximum Gasteiger partial charge on any atom is 0.164 e. The first-order valence-corrected chi connectivity index (χ1v) is 14.4. The molecule has 6 aromatic carbocycles. The fourth-order valence-electron chi connectivity index (χ4n) is 5.60. The molecule has 0 radical (unpaired) electrons. The van der Waals surface area contributed by atoms with Gasteiger partial charge in [0.1, 0.15) is 17.0 Å². The minimum absolute atomic E-state index is 0.320. The molecule has 4 nitrogen and oxygen atoms in total. The van der Waals surface area contributed by atoms with Gasteiger partial charge in [0, 0.05) is 33.0 Å². The Kier molecular flexibility index (Phi) is 6.27. The summed E-state index contributed by atoms with van der Waals surface area (Å²) >= 11 is 0. The third kappa shape index (κ3) is 4.71. The molecule has 0 amide bonds. The summed E-state index contributed by atoms with van der Waals surface area (Å²) in [6.07, 6.45) is 0. The van der Waals surface area contributed by atoms with E-state index in [-0.39, 0.29) is 5.82 Å². The number of halogens is 1. The molecule has 208 valence electrons. The average Bonchev–Trinajstić information content (AvgIpc) is 3.47. The van der Waals surface area contributed by atoms with Gasteiger partial charge in [0.2, 0.25) is 0 Å². The molecular formula is C39H24FN3O. The number of furan rings is 1. The van der Waals surface area contributed by atoms with E-state index in [0.717, 1.165) is 49.8 Å². The molecule has 0 fully saturated rings. The second-order valence-electron chi connectivity index (χ2n) is 10.6. The molecule has 2 aromatic heterocycles. The van der Waals surface area contributed by atoms with Crippen molar-refractivity contribution in [1.82, 2.24) is 15.0 Å². The Labute approximate surface area is 253 Å². The van der Waals surface area contributed by atoms with Crippen molar-refractivity contribution in [2.45, 2.75) is 0 Å². The quantitative estimate of drug-likeness (QED) is 0.207. The fraction of sp³-hybridized carbons (Fsp3) is 0. The minimum Gasteiger partial charge on any atom is -0.456 e. The van der Waals surface area contributed by atoms with Crippen molar-refractivity contribution in [3.8, 4) is 56.4 Å². The van der Waals surface area contributed by atoms with Gasteiger partial charge in [-0.15, -0.1) is 0 Å². The van der Waals surface area contributed by atoms with Crippen LogP contribution in [0.2, 0.25) is 0 Å². The first-order chi connectivity index (χ1) is 21.7. The summed E-state index contributed by atoms with van der Waals surface area (Å²) in [5, 5.41) is 2.16. The maximum atomic E-state index is 15.5. The Balaban J connectivity index is 1.22. The molecule has 0 aliphatic rings. The third-order valence-electron chi connectivity index (χ3n) is 7.81. The summed E-state index contributed by atoms with van der Waals surface area (Å²) in [6, 6.07) is 46.8. The number of rotatable bonds is 5. The van der Waals surface area contributed by atoms with E-state index in [1.165, 1.54) is 6.07 Å². The van der Waals surface area contributed by atoms with Gasteiger partial charge < -0.3 is 4.42 Å². The van der Waals surface area contributed by atoms with Gasteiger partial charge in [0.25, 0.3) is 0 Å². The van der Waals surface area contributed by atoms with Crippen LogP contribution in [-0.4, -0.2) is 15.0 Å². The van der Waals surface area contributed by atoms with E-state index in [2.05, 4.69) is 18.2 Å². The van der Waals surface area contributed by atoms with Gasteiger partial charge in [-0.25, -0.2) is 19.3 Å². The van der Waals surface area contributed by atoms with Gasteiger partial charge in [-0.3, -0.25) is 0 Å². The molecule has 0 aliphatic heterocycles. The van der Waals surface area contributed by atoms with Gasteiger partial charge in [-0.05, 0) is 59.2 Å². The van der Waals surface area contributed by atoms with Crippen LogP contribution in [0.4, 0.5) is 4.39 Å². The van der Waals surface area contributed by atoms with E-state index < -0.39 is 0 Å². The number of benzene rings is 6. The average molecular weight is 570 g/mol. The zero-order valence-corrected chi connectivity index (χ0v) is 23.5. The van der Waals surface area contributed by atoms with Crippen LogP contribution in [0, 0.1) is 5.82 Å². The Morgan fingerprint density at radius 2 is 0.932 bits per heavy atom. The zero-order valence-electron chi connectivity index (χ0n) is 23.5. The van der Waals surface area contributed by atoms with E-state index >= 15 is 4.39 Å². The van der Waals surface area contributed by atoms with Crippen molar-refractivity contribution in [2.75, 3.05) is 0 Å². The second-order valence-corrected chi connectivity index (χ2v) is 10.6. The van der Waals surface area contributed by atoms with E-state index in [1.54, 1.807) is 6.07 Å². The predicted octanol–water partition coefficient (Wildman–Crippen LogP) is 10.2. The number of hydrogen-bond acceptors (Lipinski definition) is 4. The third-order valence-corrected chi connectivity index (χ3v) is 7.81. The molecule has 0 saturated carbocycles. The Morgan fingerprint density at radius 3 is 1.66 bits per heavy atom. The van der Waals surface area contributed by atoms with Crippen LogP contribution in [0.1, 0.15) is 0 Å². The molecule has 0 saturated heterocycles. The van der Waals surface area contributed by atoms with E-state index in [0.29, 0.717) is 28.6 Å². The van der Waals surface area contributed by atoms with Crippen molar-refractivity contribution < 1.29 is 8.81 Å². The van der Waals surface area contributed by atoms with Gasteiger partial charge >= 0.3 is 0 Å². The summed E-state index contributed by atoms with van der Waals surface area (Å²) < 4.78 is 21.6. The highest BCUT2D eigenvalue weighted by Crippen LogP contribution is 2.35. The monoisotopic (exact) mass is 569 g/mol. The van der Waals surface area contributed by atoms with Crippen LogP contribution in [0.15, 0.2) is 150 Å². The number of para-hydroxylation sites is 1. The molecule has 44 heavy (non-hydrogen) atoms. The van der Waals surface area contributed by atoms with Crippen LogP contribution >= 0.6 is 0 Å². The molecule has 8 aromatic rings. The van der Waals surface area contributed by atoms with Crippen molar-refractivity contribution in [1.29, 1.82) is 0 Å². The first kappa shape index (κ1) is 25.7. The van der Waals surface area contributed by atoms with E-state index in [9.17, 15) is 0 Å². The summed E-state index contributed by atoms with van der Waals surface area (Å²) in [5.41, 5.74) is 7.32. The topological polar surface area (TPSA) is 51.8 Å². The predicted molar refractivity (Wildman–Crippen MR) is 174 cm³/mol. The molecule has 0 spiro atoms. The van der Waals surface area contributed by atoms with Gasteiger partial charge in [-0.2, -0.15) is 0 Å². The van der Waals surface area contributed by atoms with Crippen LogP contribution in [0.5, 0.6) is 0 Å². The van der Waals surface area contributed by atoms with E-state index in [1.807, 2.05) is 115 Å². The Bertz CT molecular complexity index is 2240. The van der Waals surface area contributed by atoms with Crippen LogP contribution in [0.3, 0.4) is 0 Å². The highest BCUT2D eigenvalue weighted by Gasteiger charge is 2.15. The highest BCUT2D eigenvalue weighted by atomic mass is 19.1. The van der Waals surface area contributed by atoms with Crippen molar-refractivity contribution in [2.24, 2.45) is 0 Å². The molecule has 0 unspecified atom stereocenters. The molecule has 0 aliphatic carbocycles. The second kappa shape index (κ2) is 10.7. The summed E-state index contributed by atoms with van der Waals surface area (Å²) in [4.78, 5) is 14.4. The summed E-state index contributed by atoms with van der Waals surface area (Å²) in [6.45, 7) is 0. The van der Waals surface area contributed by atoms with Gasteiger partial charge in [0.15, 0.2) is 17.5 Å². The lowest BCUT2D eigenvalue weighted by atomic mass is 9.97. The standard InChI is InChI=1S/C39H24FN3O/c40-34-21-19-30(39-42-37(25-10-3-1-4-11-25)41-38(43-39)26-12-5-2-6-13-26)23-33(34)29-15-9-14-27(22-29)28-18-20-32-31-16-7-8-17-35(31)44-36(32)24-28/h1-24H. The Morgan fingerprint density at radius 1 is 0.386 bits per heavy atom. The number of hydrogen-bond donors (Lipinski definition) is 0. The fourth-order valence-corrected chi connectivity index (χ4v) is 5.60. The van der Waals surface area contributed by atoms with Crippen molar-refractivity contribution >= 4 is 21.9 Å². The number of aromatic nitrogens is 3. The zero-order chi connectivity index (χ0) is 29.5. The number of fused-ring (bicyclic) bond motifs is 3. The molecule has 5 heteroatoms. The normalized spacial score (nSPS) is 11.3. The SMILES string of the molecule is Fc1ccc(-c2nc(-c3ccccc3)nc(-c3ccccc3)n2)cc1-c1cccc(-c2ccc3c(c2)oc2ccccc23)c1. The van der Waals surface area contributed by atoms with Crippen LogP contribution < -0.4 is 0 Å². The van der Waals surface area contributed by atoms with Crippen molar-refractivity contribution in [3.63, 3.8) is 0 Å². The van der Waals surface area contributed by atoms with Gasteiger partial charge in [-0.1, -0.05) is 103 Å². The molecule has 0 N–H and O–H groups in total. The smallest absolute Gasteiger partial charge is 0.164 e. The Hall–Kier alpha value is -5.94. The number of nitrogens with zero attached hydrogens (tertiary/aromatic N) is 3. The molecule has 2 heterocycles. The lowest BCUT2D eigenvalue weighted by Gasteiger charge is -2.11. The lowest BCUT2D eigenvalue weighted by molar-refractivity contribution is 0.631. The molecular weight excluding hydrogens is 545 g/mol. The highest BCUT2D eigenvalue weighted by molar-refractivity contribution is 6.05. The van der Waals surface area contributed by atoms with Crippen LogP contribution in [-0.2, 0) is 0 Å². The summed E-state index contributed by atoms with van der Waals surface area (Å²) in [7, 11) is 0. The van der Waals surface area contributed by atoms with Crippen LogP contribution in [0.25, 0.3) is 78.4 Å². The molecule has 0 bridgehead atoms. The largest absolute Gasteiger partial charge is 0.456 e.